The summed E-state index contributed by atoms with van der Waals surface area (Å²) in [7, 11) is 0. The summed E-state index contributed by atoms with van der Waals surface area (Å²) in [5.74, 6) is -0.263. The normalized spacial score (nSPS) is 23.9. The van der Waals surface area contributed by atoms with E-state index in [1.807, 2.05) is 0 Å². The summed E-state index contributed by atoms with van der Waals surface area (Å²) >= 11 is 0. The van der Waals surface area contributed by atoms with Gasteiger partial charge in [-0.15, -0.1) is 0 Å². The standard InChI is InChI=1S/C15H19F3N2O/c1-9(20-14(21)11-5-6-13(19)8-11)10-3-2-4-12(7-10)15(16,17)18/h2-4,7,9,11,13H,5-6,8,19H2,1H3,(H,20,21). The highest BCUT2D eigenvalue weighted by molar-refractivity contribution is 5.79. The van der Waals surface area contributed by atoms with Crippen molar-refractivity contribution >= 4 is 5.91 Å². The second kappa shape index (κ2) is 6.05. The van der Waals surface area contributed by atoms with Crippen LogP contribution >= 0.6 is 0 Å². The van der Waals surface area contributed by atoms with Crippen molar-refractivity contribution in [2.45, 2.75) is 44.4 Å². The number of alkyl halides is 3. The monoisotopic (exact) mass is 300 g/mol. The first-order chi connectivity index (χ1) is 9.77. The van der Waals surface area contributed by atoms with Crippen molar-refractivity contribution in [3.63, 3.8) is 0 Å². The molecule has 3 atom stereocenters. The number of hydrogen-bond donors (Lipinski definition) is 2. The molecule has 0 aromatic heterocycles. The Kier molecular flexibility index (Phi) is 4.56. The molecule has 116 valence electrons. The number of benzene rings is 1. The van der Waals surface area contributed by atoms with Gasteiger partial charge in [-0.1, -0.05) is 12.1 Å². The fraction of sp³-hybridized carbons (Fsp3) is 0.533. The number of nitrogens with two attached hydrogens (primary N) is 1. The predicted octanol–water partition coefficient (Wildman–Crippen LogP) is 3.01. The Morgan fingerprint density at radius 1 is 1.38 bits per heavy atom. The highest BCUT2D eigenvalue weighted by atomic mass is 19.4. The Balaban J connectivity index is 2.03. The van der Waals surface area contributed by atoms with Crippen LogP contribution < -0.4 is 11.1 Å². The van der Waals surface area contributed by atoms with Gasteiger partial charge in [0.15, 0.2) is 0 Å². The van der Waals surface area contributed by atoms with E-state index in [0.29, 0.717) is 12.0 Å². The fourth-order valence-corrected chi connectivity index (χ4v) is 2.65. The van der Waals surface area contributed by atoms with Gasteiger partial charge in [0.1, 0.15) is 0 Å². The summed E-state index contributed by atoms with van der Waals surface area (Å²) in [6, 6.07) is 4.62. The van der Waals surface area contributed by atoms with Crippen LogP contribution in [0.2, 0.25) is 0 Å². The maximum absolute atomic E-state index is 12.7. The molecule has 1 fully saturated rings. The molecule has 0 bridgehead atoms. The number of amides is 1. The lowest BCUT2D eigenvalue weighted by Crippen LogP contribution is -2.32. The van der Waals surface area contributed by atoms with E-state index in [2.05, 4.69) is 5.32 Å². The molecule has 2 rings (SSSR count). The Bertz CT molecular complexity index is 516. The average Bonchev–Trinajstić information content (AvgIpc) is 2.84. The Morgan fingerprint density at radius 2 is 2.10 bits per heavy atom. The quantitative estimate of drug-likeness (QED) is 0.901. The van der Waals surface area contributed by atoms with Crippen LogP contribution in [0.5, 0.6) is 0 Å². The Morgan fingerprint density at radius 3 is 2.67 bits per heavy atom. The smallest absolute Gasteiger partial charge is 0.349 e. The molecule has 21 heavy (non-hydrogen) atoms. The zero-order chi connectivity index (χ0) is 15.6. The Labute approximate surface area is 121 Å². The third-order valence-electron chi connectivity index (χ3n) is 3.92. The van der Waals surface area contributed by atoms with E-state index in [9.17, 15) is 18.0 Å². The summed E-state index contributed by atoms with van der Waals surface area (Å²) in [4.78, 5) is 12.1. The van der Waals surface area contributed by atoms with Crippen LogP contribution in [0, 0.1) is 5.92 Å². The van der Waals surface area contributed by atoms with Crippen LogP contribution in [-0.2, 0) is 11.0 Å². The SMILES string of the molecule is CC(NC(=O)C1CCC(N)C1)c1cccc(C(F)(F)F)c1. The van der Waals surface area contributed by atoms with E-state index < -0.39 is 17.8 Å². The summed E-state index contributed by atoms with van der Waals surface area (Å²) < 4.78 is 38.0. The maximum Gasteiger partial charge on any atom is 0.416 e. The number of rotatable bonds is 3. The molecule has 1 aromatic carbocycles. The molecular weight excluding hydrogens is 281 g/mol. The number of halogens is 3. The topological polar surface area (TPSA) is 55.1 Å². The summed E-state index contributed by atoms with van der Waals surface area (Å²) in [5.41, 5.74) is 5.51. The number of nitrogens with one attached hydrogen (secondary N) is 1. The van der Waals surface area contributed by atoms with Gasteiger partial charge >= 0.3 is 6.18 Å². The molecule has 6 heteroatoms. The molecule has 0 spiro atoms. The lowest BCUT2D eigenvalue weighted by atomic mass is 10.0. The lowest BCUT2D eigenvalue weighted by Gasteiger charge is -2.18. The Hall–Kier alpha value is -1.56. The van der Waals surface area contributed by atoms with Crippen molar-refractivity contribution in [3.8, 4) is 0 Å². The number of carbonyl (C=O) groups is 1. The highest BCUT2D eigenvalue weighted by Gasteiger charge is 2.31. The zero-order valence-electron chi connectivity index (χ0n) is 11.8. The van der Waals surface area contributed by atoms with Crippen molar-refractivity contribution in [3.05, 3.63) is 35.4 Å². The molecule has 1 saturated carbocycles. The van der Waals surface area contributed by atoms with Gasteiger partial charge in [-0.2, -0.15) is 13.2 Å². The maximum atomic E-state index is 12.7. The molecule has 0 heterocycles. The fourth-order valence-electron chi connectivity index (χ4n) is 2.65. The van der Waals surface area contributed by atoms with E-state index in [0.717, 1.165) is 25.0 Å². The van der Waals surface area contributed by atoms with Gasteiger partial charge in [-0.3, -0.25) is 4.79 Å². The molecule has 0 radical (unpaired) electrons. The predicted molar refractivity (Wildman–Crippen MR) is 73.3 cm³/mol. The molecule has 3 N–H and O–H groups in total. The molecule has 0 aliphatic heterocycles. The summed E-state index contributed by atoms with van der Waals surface area (Å²) in [6.45, 7) is 1.68. The van der Waals surface area contributed by atoms with Gasteiger partial charge < -0.3 is 11.1 Å². The van der Waals surface area contributed by atoms with Crippen molar-refractivity contribution in [1.82, 2.24) is 5.32 Å². The molecule has 3 nitrogen and oxygen atoms in total. The van der Waals surface area contributed by atoms with Crippen molar-refractivity contribution in [2.75, 3.05) is 0 Å². The van der Waals surface area contributed by atoms with Gasteiger partial charge in [-0.25, -0.2) is 0 Å². The zero-order valence-corrected chi connectivity index (χ0v) is 11.8. The first kappa shape index (κ1) is 15.8. The molecule has 1 aromatic rings. The van der Waals surface area contributed by atoms with Crippen LogP contribution in [0.3, 0.4) is 0 Å². The van der Waals surface area contributed by atoms with Crippen molar-refractivity contribution < 1.29 is 18.0 Å². The molecule has 1 amide bonds. The minimum atomic E-state index is -4.38. The first-order valence-electron chi connectivity index (χ1n) is 7.00. The van der Waals surface area contributed by atoms with Crippen LogP contribution in [0.1, 0.15) is 43.4 Å². The molecule has 0 saturated heterocycles. The third kappa shape index (κ3) is 3.97. The van der Waals surface area contributed by atoms with E-state index in [1.165, 1.54) is 6.07 Å². The molecule has 1 aliphatic rings. The van der Waals surface area contributed by atoms with Gasteiger partial charge in [0.05, 0.1) is 11.6 Å². The minimum Gasteiger partial charge on any atom is -0.349 e. The van der Waals surface area contributed by atoms with Crippen molar-refractivity contribution in [1.29, 1.82) is 0 Å². The van der Waals surface area contributed by atoms with Gasteiger partial charge in [0, 0.05) is 12.0 Å². The molecular formula is C15H19F3N2O. The summed E-state index contributed by atoms with van der Waals surface area (Å²) in [5, 5.41) is 2.78. The number of carbonyl (C=O) groups excluding carboxylic acids is 1. The lowest BCUT2D eigenvalue weighted by molar-refractivity contribution is -0.137. The van der Waals surface area contributed by atoms with Crippen LogP contribution in [0.4, 0.5) is 13.2 Å². The van der Waals surface area contributed by atoms with Gasteiger partial charge in [0.25, 0.3) is 0 Å². The number of hydrogen-bond acceptors (Lipinski definition) is 2. The van der Waals surface area contributed by atoms with Crippen LogP contribution in [0.15, 0.2) is 24.3 Å². The van der Waals surface area contributed by atoms with Crippen molar-refractivity contribution in [2.24, 2.45) is 11.7 Å². The van der Waals surface area contributed by atoms with E-state index >= 15 is 0 Å². The third-order valence-corrected chi connectivity index (χ3v) is 3.92. The largest absolute Gasteiger partial charge is 0.416 e. The highest BCUT2D eigenvalue weighted by Crippen LogP contribution is 2.31. The first-order valence-corrected chi connectivity index (χ1v) is 7.00. The van der Waals surface area contributed by atoms with E-state index in [1.54, 1.807) is 13.0 Å². The van der Waals surface area contributed by atoms with Gasteiger partial charge in [-0.05, 0) is 43.9 Å². The second-order valence-electron chi connectivity index (χ2n) is 5.62. The van der Waals surface area contributed by atoms with Crippen LogP contribution in [-0.4, -0.2) is 11.9 Å². The molecule has 3 unspecified atom stereocenters. The summed E-state index contributed by atoms with van der Waals surface area (Å²) in [6.07, 6.45) is -2.18. The van der Waals surface area contributed by atoms with Crippen LogP contribution in [0.25, 0.3) is 0 Å². The molecule has 1 aliphatic carbocycles. The minimum absolute atomic E-state index is 0.0459. The second-order valence-corrected chi connectivity index (χ2v) is 5.62. The van der Waals surface area contributed by atoms with E-state index in [-0.39, 0.29) is 17.9 Å². The average molecular weight is 300 g/mol. The van der Waals surface area contributed by atoms with E-state index in [4.69, 9.17) is 5.73 Å². The van der Waals surface area contributed by atoms with Gasteiger partial charge in [0.2, 0.25) is 5.91 Å².